The Morgan fingerprint density at radius 3 is 2.70 bits per heavy atom. The zero-order valence-corrected chi connectivity index (χ0v) is 16.2. The molecule has 3 N–H and O–H groups in total. The second-order valence-electron chi connectivity index (χ2n) is 5.82. The summed E-state index contributed by atoms with van der Waals surface area (Å²) >= 11 is 1.22. The third kappa shape index (κ3) is 6.45. The molecule has 3 amide bonds. The van der Waals surface area contributed by atoms with Gasteiger partial charge in [0, 0.05) is 25.2 Å². The maximum absolute atomic E-state index is 12.1. The first-order valence-corrected chi connectivity index (χ1v) is 9.37. The largest absolute Gasteiger partial charge is 0.360 e. The van der Waals surface area contributed by atoms with E-state index in [4.69, 9.17) is 4.52 Å². The molecular formula is C18H22N4O4S. The van der Waals surface area contributed by atoms with Crippen molar-refractivity contribution < 1.29 is 18.9 Å². The molecule has 0 aliphatic rings. The Labute approximate surface area is 161 Å². The Bertz CT molecular complexity index is 821. The number of hydrogen-bond donors (Lipinski definition) is 3. The summed E-state index contributed by atoms with van der Waals surface area (Å²) < 4.78 is 4.89. The van der Waals surface area contributed by atoms with E-state index in [1.54, 1.807) is 45.2 Å². The van der Waals surface area contributed by atoms with Crippen LogP contribution in [0.2, 0.25) is 0 Å². The fourth-order valence-corrected chi connectivity index (χ4v) is 2.86. The number of thioether (sulfide) groups is 1. The molecule has 8 nitrogen and oxygen atoms in total. The van der Waals surface area contributed by atoms with E-state index in [2.05, 4.69) is 21.1 Å². The van der Waals surface area contributed by atoms with Gasteiger partial charge in [0.1, 0.15) is 5.76 Å². The van der Waals surface area contributed by atoms with Crippen LogP contribution in [-0.4, -0.2) is 40.9 Å². The minimum atomic E-state index is -0.427. The summed E-state index contributed by atoms with van der Waals surface area (Å²) in [5, 5.41) is 11.2. The molecule has 1 heterocycles. The van der Waals surface area contributed by atoms with Crippen LogP contribution in [0.5, 0.6) is 0 Å². The molecule has 0 radical (unpaired) electrons. The van der Waals surface area contributed by atoms with E-state index in [1.165, 1.54) is 11.8 Å². The molecule has 0 fully saturated rings. The van der Waals surface area contributed by atoms with Gasteiger partial charge in [0.15, 0.2) is 5.82 Å². The monoisotopic (exact) mass is 390 g/mol. The predicted octanol–water partition coefficient (Wildman–Crippen LogP) is 1.72. The van der Waals surface area contributed by atoms with Crippen molar-refractivity contribution in [2.75, 3.05) is 18.1 Å². The molecule has 0 aliphatic carbocycles. The number of carbonyl (C=O) groups is 3. The van der Waals surface area contributed by atoms with Gasteiger partial charge in [-0.3, -0.25) is 14.4 Å². The van der Waals surface area contributed by atoms with Crippen molar-refractivity contribution in [1.29, 1.82) is 0 Å². The molecule has 0 saturated heterocycles. The Morgan fingerprint density at radius 2 is 2.04 bits per heavy atom. The van der Waals surface area contributed by atoms with Gasteiger partial charge in [0.05, 0.1) is 11.0 Å². The highest BCUT2D eigenvalue weighted by molar-refractivity contribution is 8.01. The Balaban J connectivity index is 1.75. The highest BCUT2D eigenvalue weighted by Gasteiger charge is 2.16. The van der Waals surface area contributed by atoms with Gasteiger partial charge in [0.2, 0.25) is 11.8 Å². The molecule has 27 heavy (non-hydrogen) atoms. The number of rotatable bonds is 8. The van der Waals surface area contributed by atoms with Crippen LogP contribution < -0.4 is 16.0 Å². The normalized spacial score (nSPS) is 11.5. The van der Waals surface area contributed by atoms with Gasteiger partial charge in [-0.25, -0.2) is 0 Å². The van der Waals surface area contributed by atoms with Gasteiger partial charge in [-0.2, -0.15) is 0 Å². The molecule has 0 bridgehead atoms. The molecule has 1 atom stereocenters. The van der Waals surface area contributed by atoms with Gasteiger partial charge in [-0.05, 0) is 31.5 Å². The summed E-state index contributed by atoms with van der Waals surface area (Å²) in [6, 6.07) is 8.64. The summed E-state index contributed by atoms with van der Waals surface area (Å²) in [5.41, 5.74) is 1.36. The number of aromatic nitrogens is 1. The molecule has 9 heteroatoms. The SMILES string of the molecule is CNC(=O)c1cccc(CNC(=O)CSC(C)C(=O)Nc2cc(C)on2)c1. The lowest BCUT2D eigenvalue weighted by Crippen LogP contribution is -2.28. The maximum atomic E-state index is 12.1. The van der Waals surface area contributed by atoms with E-state index < -0.39 is 5.25 Å². The van der Waals surface area contributed by atoms with Crippen LogP contribution in [0.1, 0.15) is 28.6 Å². The van der Waals surface area contributed by atoms with Gasteiger partial charge in [-0.15, -0.1) is 11.8 Å². The summed E-state index contributed by atoms with van der Waals surface area (Å²) in [4.78, 5) is 35.7. The summed E-state index contributed by atoms with van der Waals surface area (Å²) in [6.07, 6.45) is 0. The molecular weight excluding hydrogens is 368 g/mol. The first-order chi connectivity index (χ1) is 12.9. The zero-order chi connectivity index (χ0) is 19.8. The highest BCUT2D eigenvalue weighted by atomic mass is 32.2. The molecule has 1 aromatic heterocycles. The van der Waals surface area contributed by atoms with Crippen LogP contribution in [0.25, 0.3) is 0 Å². The molecule has 0 spiro atoms. The minimum absolute atomic E-state index is 0.140. The van der Waals surface area contributed by atoms with Crippen molar-refractivity contribution in [3.05, 3.63) is 47.2 Å². The number of nitrogens with zero attached hydrogens (tertiary/aromatic N) is 1. The van der Waals surface area contributed by atoms with Crippen LogP contribution in [0.3, 0.4) is 0 Å². The fraction of sp³-hybridized carbons (Fsp3) is 0.333. The van der Waals surface area contributed by atoms with Crippen molar-refractivity contribution in [3.8, 4) is 0 Å². The predicted molar refractivity (Wildman–Crippen MR) is 103 cm³/mol. The van der Waals surface area contributed by atoms with E-state index in [1.807, 2.05) is 6.07 Å². The lowest BCUT2D eigenvalue weighted by Gasteiger charge is -2.11. The van der Waals surface area contributed by atoms with Crippen molar-refractivity contribution >= 4 is 35.3 Å². The molecule has 2 rings (SSSR count). The topological polar surface area (TPSA) is 113 Å². The number of hydrogen-bond acceptors (Lipinski definition) is 6. The van der Waals surface area contributed by atoms with Crippen molar-refractivity contribution in [3.63, 3.8) is 0 Å². The Morgan fingerprint density at radius 1 is 1.26 bits per heavy atom. The van der Waals surface area contributed by atoms with Crippen LogP contribution in [-0.2, 0) is 16.1 Å². The van der Waals surface area contributed by atoms with Gasteiger partial charge < -0.3 is 20.5 Å². The van der Waals surface area contributed by atoms with Crippen molar-refractivity contribution in [1.82, 2.24) is 15.8 Å². The van der Waals surface area contributed by atoms with E-state index in [0.717, 1.165) is 5.56 Å². The molecule has 144 valence electrons. The van der Waals surface area contributed by atoms with Gasteiger partial charge in [0.25, 0.3) is 5.91 Å². The lowest BCUT2D eigenvalue weighted by atomic mass is 10.1. The number of anilines is 1. The quantitative estimate of drug-likeness (QED) is 0.632. The zero-order valence-electron chi connectivity index (χ0n) is 15.4. The average molecular weight is 390 g/mol. The van der Waals surface area contributed by atoms with E-state index in [0.29, 0.717) is 23.7 Å². The Hall–Kier alpha value is -2.81. The van der Waals surface area contributed by atoms with Gasteiger partial charge >= 0.3 is 0 Å². The summed E-state index contributed by atoms with van der Waals surface area (Å²) in [7, 11) is 1.56. The first kappa shape index (κ1) is 20.5. The third-order valence-electron chi connectivity index (χ3n) is 3.62. The van der Waals surface area contributed by atoms with Crippen LogP contribution in [0, 0.1) is 6.92 Å². The first-order valence-electron chi connectivity index (χ1n) is 8.32. The van der Waals surface area contributed by atoms with Gasteiger partial charge in [-0.1, -0.05) is 17.3 Å². The standard InChI is InChI=1S/C18H22N4O4S/c1-11-7-15(22-26-11)21-17(24)12(2)27-10-16(23)20-9-13-5-4-6-14(8-13)18(25)19-3/h4-8,12H,9-10H2,1-3H3,(H,19,25)(H,20,23)(H,21,22,24). The second kappa shape index (κ2) is 9.77. The Kier molecular flexibility index (Phi) is 7.42. The van der Waals surface area contributed by atoms with Crippen molar-refractivity contribution in [2.45, 2.75) is 25.6 Å². The molecule has 0 aliphatic heterocycles. The van der Waals surface area contributed by atoms with Crippen LogP contribution in [0.4, 0.5) is 5.82 Å². The number of benzene rings is 1. The van der Waals surface area contributed by atoms with E-state index in [9.17, 15) is 14.4 Å². The fourth-order valence-electron chi connectivity index (χ4n) is 2.15. The highest BCUT2D eigenvalue weighted by Crippen LogP contribution is 2.14. The lowest BCUT2D eigenvalue weighted by molar-refractivity contribution is -0.118. The third-order valence-corrected chi connectivity index (χ3v) is 4.76. The number of carbonyl (C=O) groups excluding carboxylic acids is 3. The number of amides is 3. The van der Waals surface area contributed by atoms with Crippen molar-refractivity contribution in [2.24, 2.45) is 0 Å². The molecule has 0 saturated carbocycles. The van der Waals surface area contributed by atoms with Crippen LogP contribution >= 0.6 is 11.8 Å². The maximum Gasteiger partial charge on any atom is 0.251 e. The number of aryl methyl sites for hydroxylation is 1. The molecule has 2 aromatic rings. The smallest absolute Gasteiger partial charge is 0.251 e. The molecule has 1 unspecified atom stereocenters. The van der Waals surface area contributed by atoms with E-state index in [-0.39, 0.29) is 23.5 Å². The summed E-state index contributed by atoms with van der Waals surface area (Å²) in [5.74, 6) is 0.472. The number of nitrogens with one attached hydrogen (secondary N) is 3. The van der Waals surface area contributed by atoms with Crippen LogP contribution in [0.15, 0.2) is 34.9 Å². The minimum Gasteiger partial charge on any atom is -0.360 e. The molecule has 1 aromatic carbocycles. The van der Waals surface area contributed by atoms with E-state index >= 15 is 0 Å². The average Bonchev–Trinajstić information content (AvgIpc) is 3.08. The summed E-state index contributed by atoms with van der Waals surface area (Å²) in [6.45, 7) is 3.76. The second-order valence-corrected chi connectivity index (χ2v) is 7.15.